The lowest BCUT2D eigenvalue weighted by Gasteiger charge is -2.03. The molecule has 15 heavy (non-hydrogen) atoms. The topological polar surface area (TPSA) is 101 Å². The number of aliphatic carboxylic acids is 1. The normalized spacial score (nSPS) is 9.93. The largest absolute Gasteiger partial charge is 0.507 e. The molecule has 0 aromatic heterocycles. The molecule has 0 unspecified atom stereocenters. The molecule has 0 bridgehead atoms. The van der Waals surface area contributed by atoms with Crippen LogP contribution in [-0.2, 0) is 11.2 Å². The number of nitro benzene ring substituents is 1. The lowest BCUT2D eigenvalue weighted by molar-refractivity contribution is -0.385. The van der Waals surface area contributed by atoms with Crippen molar-refractivity contribution < 1.29 is 19.9 Å². The molecule has 0 spiro atoms. The molecule has 0 atom stereocenters. The van der Waals surface area contributed by atoms with E-state index in [1.807, 2.05) is 0 Å². The molecule has 6 heteroatoms. The van der Waals surface area contributed by atoms with Crippen LogP contribution >= 0.6 is 0 Å². The Morgan fingerprint density at radius 1 is 1.53 bits per heavy atom. The molecule has 2 N–H and O–H groups in total. The summed E-state index contributed by atoms with van der Waals surface area (Å²) in [7, 11) is 0. The number of benzene rings is 1. The van der Waals surface area contributed by atoms with Gasteiger partial charge in [0, 0.05) is 11.1 Å². The minimum Gasteiger partial charge on any atom is -0.507 e. The molecule has 0 amide bonds. The number of nitro groups is 1. The van der Waals surface area contributed by atoms with E-state index >= 15 is 0 Å². The quantitative estimate of drug-likeness (QED) is 0.578. The Bertz CT molecular complexity index is 427. The van der Waals surface area contributed by atoms with E-state index in [4.69, 9.17) is 5.11 Å². The zero-order chi connectivity index (χ0) is 11.6. The fraction of sp³-hybridized carbons (Fsp3) is 0.222. The van der Waals surface area contributed by atoms with Crippen LogP contribution in [0.4, 0.5) is 5.69 Å². The third kappa shape index (κ3) is 2.43. The summed E-state index contributed by atoms with van der Waals surface area (Å²) in [6.07, 6.45) is -0.356. The van der Waals surface area contributed by atoms with Crippen LogP contribution < -0.4 is 0 Å². The van der Waals surface area contributed by atoms with Gasteiger partial charge in [0.1, 0.15) is 5.75 Å². The van der Waals surface area contributed by atoms with Gasteiger partial charge in [-0.05, 0) is 13.0 Å². The minimum atomic E-state index is -1.10. The van der Waals surface area contributed by atoms with Crippen molar-refractivity contribution in [3.8, 4) is 5.75 Å². The highest BCUT2D eigenvalue weighted by Crippen LogP contribution is 2.27. The Morgan fingerprint density at radius 3 is 2.60 bits per heavy atom. The molecule has 80 valence electrons. The average Bonchev–Trinajstić information content (AvgIpc) is 2.09. The summed E-state index contributed by atoms with van der Waals surface area (Å²) in [5, 5.41) is 28.3. The highest BCUT2D eigenvalue weighted by Gasteiger charge is 2.16. The zero-order valence-electron chi connectivity index (χ0n) is 7.93. The number of carboxylic acid groups (broad SMARTS) is 1. The van der Waals surface area contributed by atoms with Crippen LogP contribution in [0.1, 0.15) is 11.1 Å². The lowest BCUT2D eigenvalue weighted by Crippen LogP contribution is -2.02. The number of hydrogen-bond acceptors (Lipinski definition) is 4. The van der Waals surface area contributed by atoms with Gasteiger partial charge in [-0.1, -0.05) is 0 Å². The highest BCUT2D eigenvalue weighted by atomic mass is 16.6. The summed E-state index contributed by atoms with van der Waals surface area (Å²) in [4.78, 5) is 20.3. The first-order valence-corrected chi connectivity index (χ1v) is 4.10. The molecule has 1 aromatic rings. The van der Waals surface area contributed by atoms with Crippen molar-refractivity contribution >= 4 is 11.7 Å². The summed E-state index contributed by atoms with van der Waals surface area (Å²) < 4.78 is 0. The first-order chi connectivity index (χ1) is 6.91. The molecule has 0 heterocycles. The van der Waals surface area contributed by atoms with Gasteiger partial charge in [0.15, 0.2) is 0 Å². The molecule has 0 aliphatic carbocycles. The Kier molecular flexibility index (Phi) is 2.89. The van der Waals surface area contributed by atoms with Gasteiger partial charge in [-0.25, -0.2) is 0 Å². The van der Waals surface area contributed by atoms with E-state index in [0.29, 0.717) is 5.56 Å². The van der Waals surface area contributed by atoms with Gasteiger partial charge in [-0.3, -0.25) is 14.9 Å². The summed E-state index contributed by atoms with van der Waals surface area (Å²) in [5.74, 6) is -1.46. The molecule has 0 radical (unpaired) electrons. The van der Waals surface area contributed by atoms with Gasteiger partial charge in [0.2, 0.25) is 0 Å². The average molecular weight is 211 g/mol. The van der Waals surface area contributed by atoms with E-state index in [2.05, 4.69) is 0 Å². The Balaban J connectivity index is 3.19. The summed E-state index contributed by atoms with van der Waals surface area (Å²) in [6, 6.07) is 2.27. The molecule has 0 saturated carbocycles. The fourth-order valence-corrected chi connectivity index (χ4v) is 1.25. The monoisotopic (exact) mass is 211 g/mol. The Labute approximate surface area is 84.9 Å². The number of phenolic OH excluding ortho intramolecular Hbond substituents is 1. The molecular formula is C9H9NO5. The van der Waals surface area contributed by atoms with E-state index in [1.54, 1.807) is 0 Å². The van der Waals surface area contributed by atoms with E-state index in [9.17, 15) is 20.0 Å². The third-order valence-electron chi connectivity index (χ3n) is 1.94. The van der Waals surface area contributed by atoms with Crippen molar-refractivity contribution in [2.75, 3.05) is 0 Å². The summed E-state index contributed by atoms with van der Waals surface area (Å²) in [6.45, 7) is 1.49. The molecule has 1 rings (SSSR count). The molecule has 0 saturated heterocycles. The second-order valence-electron chi connectivity index (χ2n) is 3.10. The number of aromatic hydroxyl groups is 1. The van der Waals surface area contributed by atoms with E-state index in [-0.39, 0.29) is 23.4 Å². The van der Waals surface area contributed by atoms with Crippen LogP contribution in [0.2, 0.25) is 0 Å². The van der Waals surface area contributed by atoms with E-state index < -0.39 is 10.9 Å². The fourth-order valence-electron chi connectivity index (χ4n) is 1.25. The van der Waals surface area contributed by atoms with Crippen molar-refractivity contribution in [3.05, 3.63) is 33.4 Å². The van der Waals surface area contributed by atoms with Crippen LogP contribution in [0.5, 0.6) is 5.75 Å². The van der Waals surface area contributed by atoms with Gasteiger partial charge >= 0.3 is 5.97 Å². The van der Waals surface area contributed by atoms with Crippen molar-refractivity contribution in [1.29, 1.82) is 0 Å². The molecule has 6 nitrogen and oxygen atoms in total. The third-order valence-corrected chi connectivity index (χ3v) is 1.94. The minimum absolute atomic E-state index is 0.172. The van der Waals surface area contributed by atoms with Crippen molar-refractivity contribution in [3.63, 3.8) is 0 Å². The van der Waals surface area contributed by atoms with Gasteiger partial charge in [0.05, 0.1) is 17.4 Å². The highest BCUT2D eigenvalue weighted by molar-refractivity contribution is 5.72. The van der Waals surface area contributed by atoms with E-state index in [1.165, 1.54) is 13.0 Å². The van der Waals surface area contributed by atoms with Gasteiger partial charge in [-0.15, -0.1) is 0 Å². The standard InChI is InChI=1S/C9H9NO5/c1-5-2-6(3-9(12)13)8(11)4-7(5)10(14)15/h2,4,11H,3H2,1H3,(H,12,13). The van der Waals surface area contributed by atoms with Crippen LogP contribution in [-0.4, -0.2) is 21.1 Å². The molecular weight excluding hydrogens is 202 g/mol. The maximum atomic E-state index is 10.5. The molecule has 0 aliphatic heterocycles. The maximum Gasteiger partial charge on any atom is 0.307 e. The van der Waals surface area contributed by atoms with E-state index in [0.717, 1.165) is 6.07 Å². The molecule has 0 fully saturated rings. The van der Waals surface area contributed by atoms with Crippen LogP contribution in [0, 0.1) is 17.0 Å². The summed E-state index contributed by atoms with van der Waals surface area (Å²) in [5.41, 5.74) is 0.279. The first-order valence-electron chi connectivity index (χ1n) is 4.10. The maximum absolute atomic E-state index is 10.5. The predicted molar refractivity (Wildman–Crippen MR) is 50.8 cm³/mol. The Morgan fingerprint density at radius 2 is 2.13 bits per heavy atom. The number of carboxylic acids is 1. The Hall–Kier alpha value is -2.11. The number of rotatable bonds is 3. The molecule has 0 aliphatic rings. The number of aryl methyl sites for hydroxylation is 1. The smallest absolute Gasteiger partial charge is 0.307 e. The van der Waals surface area contributed by atoms with Gasteiger partial charge in [-0.2, -0.15) is 0 Å². The van der Waals surface area contributed by atoms with Gasteiger partial charge < -0.3 is 10.2 Å². The number of phenols is 1. The SMILES string of the molecule is Cc1cc(CC(=O)O)c(O)cc1[N+](=O)[O-]. The zero-order valence-corrected chi connectivity index (χ0v) is 7.93. The van der Waals surface area contributed by atoms with Crippen molar-refractivity contribution in [1.82, 2.24) is 0 Å². The second kappa shape index (κ2) is 3.95. The van der Waals surface area contributed by atoms with Crippen molar-refractivity contribution in [2.45, 2.75) is 13.3 Å². The molecule has 1 aromatic carbocycles. The predicted octanol–water partition coefficient (Wildman–Crippen LogP) is 1.24. The summed E-state index contributed by atoms with van der Waals surface area (Å²) >= 11 is 0. The van der Waals surface area contributed by atoms with Crippen LogP contribution in [0.3, 0.4) is 0 Å². The second-order valence-corrected chi connectivity index (χ2v) is 3.10. The first kappa shape index (κ1) is 11.0. The number of carbonyl (C=O) groups is 1. The van der Waals surface area contributed by atoms with Crippen LogP contribution in [0.15, 0.2) is 12.1 Å². The van der Waals surface area contributed by atoms with Crippen LogP contribution in [0.25, 0.3) is 0 Å². The van der Waals surface area contributed by atoms with Gasteiger partial charge in [0.25, 0.3) is 5.69 Å². The van der Waals surface area contributed by atoms with Crippen molar-refractivity contribution in [2.24, 2.45) is 0 Å². The number of hydrogen-bond donors (Lipinski definition) is 2. The number of nitrogens with zero attached hydrogens (tertiary/aromatic N) is 1. The lowest BCUT2D eigenvalue weighted by atomic mass is 10.1.